The smallest absolute Gasteiger partial charge is 0.303 e. The van der Waals surface area contributed by atoms with Gasteiger partial charge in [-0.25, -0.2) is 0 Å². The molecule has 35 heavy (non-hydrogen) atoms. The van der Waals surface area contributed by atoms with Crippen LogP contribution in [-0.2, 0) is 42.9 Å². The van der Waals surface area contributed by atoms with Gasteiger partial charge in [0.1, 0.15) is 18.5 Å². The summed E-state index contributed by atoms with van der Waals surface area (Å²) in [6, 6.07) is 3.14. The molecule has 0 unspecified atom stereocenters. The van der Waals surface area contributed by atoms with E-state index < -0.39 is 66.1 Å². The van der Waals surface area contributed by atoms with Crippen LogP contribution in [0.5, 0.6) is 5.75 Å². The number of carbonyl (C=O) groups is 5. The zero-order valence-electron chi connectivity index (χ0n) is 19.2. The minimum absolute atomic E-state index is 0.188. The minimum atomic E-state index is -1.59. The molecule has 2 rings (SSSR count). The molecule has 14 nitrogen and oxygen atoms in total. The fourth-order valence-corrected chi connectivity index (χ4v) is 3.26. The Labute approximate surface area is 198 Å². The van der Waals surface area contributed by atoms with Gasteiger partial charge in [0.15, 0.2) is 18.5 Å². The van der Waals surface area contributed by atoms with E-state index in [2.05, 4.69) is 0 Å². The third-order valence-electron chi connectivity index (χ3n) is 4.52. The number of hydrogen-bond donors (Lipinski definition) is 0. The second kappa shape index (κ2) is 11.9. The summed E-state index contributed by atoms with van der Waals surface area (Å²) >= 11 is 0. The molecule has 0 bridgehead atoms. The number of aldehydes is 1. The molecule has 5 atom stereocenters. The van der Waals surface area contributed by atoms with Crippen molar-refractivity contribution in [3.63, 3.8) is 0 Å². The number of ether oxygens (including phenoxy) is 6. The predicted octanol–water partition coefficient (Wildman–Crippen LogP) is 0.869. The maximum absolute atomic E-state index is 11.8. The van der Waals surface area contributed by atoms with Gasteiger partial charge in [0.2, 0.25) is 12.4 Å². The van der Waals surface area contributed by atoms with Gasteiger partial charge in [0.25, 0.3) is 5.69 Å². The molecule has 1 aromatic carbocycles. The summed E-state index contributed by atoms with van der Waals surface area (Å²) in [4.78, 5) is 68.6. The SMILES string of the molecule is CC(=O)OC[C@H]1O[C@H](Oc2ccc([N+](=O)[O-])cc2C=O)[C@H](OC(C)=O)[C@@H](OC(C)=O)[C@H]1OC(C)=O. The Morgan fingerprint density at radius 3 is 2.03 bits per heavy atom. The van der Waals surface area contributed by atoms with E-state index in [-0.39, 0.29) is 17.0 Å². The molecule has 190 valence electrons. The molecule has 0 aliphatic carbocycles. The Hall–Kier alpha value is -4.07. The lowest BCUT2D eigenvalue weighted by molar-refractivity contribution is -0.384. The first-order chi connectivity index (χ1) is 16.4. The van der Waals surface area contributed by atoms with Gasteiger partial charge >= 0.3 is 23.9 Å². The Balaban J connectivity index is 2.53. The van der Waals surface area contributed by atoms with Crippen LogP contribution in [0.25, 0.3) is 0 Å². The van der Waals surface area contributed by atoms with Gasteiger partial charge in [-0.2, -0.15) is 0 Å². The van der Waals surface area contributed by atoms with E-state index in [9.17, 15) is 34.1 Å². The summed E-state index contributed by atoms with van der Waals surface area (Å²) in [5.41, 5.74) is -0.618. The van der Waals surface area contributed by atoms with E-state index in [0.717, 1.165) is 45.9 Å². The summed E-state index contributed by atoms with van der Waals surface area (Å²) in [7, 11) is 0. The quantitative estimate of drug-likeness (QED) is 0.154. The van der Waals surface area contributed by atoms with Crippen molar-refractivity contribution < 1.29 is 57.3 Å². The fourth-order valence-electron chi connectivity index (χ4n) is 3.26. The minimum Gasteiger partial charge on any atom is -0.463 e. The number of nitro groups is 1. The molecule has 1 aliphatic rings. The molecule has 0 N–H and O–H groups in total. The first-order valence-electron chi connectivity index (χ1n) is 10.1. The maximum atomic E-state index is 11.8. The Morgan fingerprint density at radius 1 is 0.943 bits per heavy atom. The van der Waals surface area contributed by atoms with Crippen molar-refractivity contribution in [1.29, 1.82) is 0 Å². The highest BCUT2D eigenvalue weighted by Gasteiger charge is 2.53. The van der Waals surface area contributed by atoms with E-state index in [1.165, 1.54) is 0 Å². The van der Waals surface area contributed by atoms with Gasteiger partial charge in [0, 0.05) is 39.8 Å². The highest BCUT2D eigenvalue weighted by atomic mass is 16.7. The Kier molecular flexibility index (Phi) is 9.22. The number of rotatable bonds is 9. The second-order valence-corrected chi connectivity index (χ2v) is 7.28. The lowest BCUT2D eigenvalue weighted by Crippen LogP contribution is -2.63. The molecule has 0 aromatic heterocycles. The number of hydrogen-bond acceptors (Lipinski definition) is 13. The summed E-state index contributed by atoms with van der Waals surface area (Å²) in [5, 5.41) is 11.0. The number of nitro benzene ring substituents is 1. The van der Waals surface area contributed by atoms with Gasteiger partial charge in [-0.15, -0.1) is 0 Å². The van der Waals surface area contributed by atoms with E-state index >= 15 is 0 Å². The third-order valence-corrected chi connectivity index (χ3v) is 4.52. The normalized spacial score (nSPS) is 23.4. The topological polar surface area (TPSA) is 184 Å². The maximum Gasteiger partial charge on any atom is 0.303 e. The first kappa shape index (κ1) is 27.2. The van der Waals surface area contributed by atoms with Crippen LogP contribution in [0.15, 0.2) is 18.2 Å². The van der Waals surface area contributed by atoms with Crippen LogP contribution in [-0.4, -0.2) is 72.4 Å². The van der Waals surface area contributed by atoms with Crippen molar-refractivity contribution in [1.82, 2.24) is 0 Å². The van der Waals surface area contributed by atoms with Crippen LogP contribution in [0.2, 0.25) is 0 Å². The molecule has 0 saturated carbocycles. The number of non-ortho nitro benzene ring substituents is 1. The van der Waals surface area contributed by atoms with Gasteiger partial charge in [-0.3, -0.25) is 34.1 Å². The Morgan fingerprint density at radius 2 is 1.51 bits per heavy atom. The van der Waals surface area contributed by atoms with E-state index in [1.54, 1.807) is 0 Å². The molecule has 0 amide bonds. The number of nitrogens with zero attached hydrogens (tertiary/aromatic N) is 1. The number of benzene rings is 1. The molecule has 1 fully saturated rings. The zero-order valence-corrected chi connectivity index (χ0v) is 19.2. The van der Waals surface area contributed by atoms with E-state index in [4.69, 9.17) is 28.4 Å². The summed E-state index contributed by atoms with van der Waals surface area (Å²) in [6.45, 7) is 3.83. The van der Waals surface area contributed by atoms with Crippen molar-refractivity contribution in [2.75, 3.05) is 6.61 Å². The number of carbonyl (C=O) groups excluding carboxylic acids is 5. The van der Waals surface area contributed by atoms with Crippen LogP contribution < -0.4 is 4.74 Å². The predicted molar refractivity (Wildman–Crippen MR) is 111 cm³/mol. The largest absolute Gasteiger partial charge is 0.463 e. The molecule has 14 heteroatoms. The van der Waals surface area contributed by atoms with Crippen molar-refractivity contribution in [2.24, 2.45) is 0 Å². The molecule has 0 spiro atoms. The first-order valence-corrected chi connectivity index (χ1v) is 10.1. The molecular formula is C21H23NO13. The average molecular weight is 497 g/mol. The molecule has 0 radical (unpaired) electrons. The van der Waals surface area contributed by atoms with E-state index in [0.29, 0.717) is 6.29 Å². The molecular weight excluding hydrogens is 474 g/mol. The lowest BCUT2D eigenvalue weighted by atomic mass is 9.98. The summed E-state index contributed by atoms with van der Waals surface area (Å²) in [6.07, 6.45) is -6.94. The summed E-state index contributed by atoms with van der Waals surface area (Å²) < 4.78 is 32.2. The fraction of sp³-hybridized carbons (Fsp3) is 0.476. The molecule has 1 aliphatic heterocycles. The molecule has 1 aromatic rings. The van der Waals surface area contributed by atoms with Gasteiger partial charge in [-0.05, 0) is 6.07 Å². The van der Waals surface area contributed by atoms with Gasteiger partial charge < -0.3 is 28.4 Å². The molecule has 1 saturated heterocycles. The van der Waals surface area contributed by atoms with Crippen molar-refractivity contribution >= 4 is 35.9 Å². The van der Waals surface area contributed by atoms with Crippen LogP contribution in [0.4, 0.5) is 5.69 Å². The standard InChI is InChI=1S/C21H23NO13/c1-10(24)30-9-17-18(31-11(2)25)19(32-12(3)26)20(33-13(4)27)21(35-17)34-16-6-5-15(22(28)29)7-14(16)8-23/h5-8,17-21H,9H2,1-4H3/t17-,18+,19+,20-,21+/m1/s1. The lowest BCUT2D eigenvalue weighted by Gasteiger charge is -2.44. The van der Waals surface area contributed by atoms with Crippen molar-refractivity contribution in [3.8, 4) is 5.75 Å². The van der Waals surface area contributed by atoms with Gasteiger partial charge in [-0.1, -0.05) is 0 Å². The number of esters is 4. The average Bonchev–Trinajstić information content (AvgIpc) is 2.75. The molecule has 1 heterocycles. The van der Waals surface area contributed by atoms with Crippen LogP contribution in [0.3, 0.4) is 0 Å². The summed E-state index contributed by atoms with van der Waals surface area (Å²) in [5.74, 6) is -3.36. The zero-order chi connectivity index (χ0) is 26.3. The van der Waals surface area contributed by atoms with Crippen molar-refractivity contribution in [3.05, 3.63) is 33.9 Å². The van der Waals surface area contributed by atoms with E-state index in [1.807, 2.05) is 0 Å². The Bertz CT molecular complexity index is 1010. The van der Waals surface area contributed by atoms with Crippen LogP contribution in [0, 0.1) is 10.1 Å². The third kappa shape index (κ3) is 7.46. The highest BCUT2D eigenvalue weighted by Crippen LogP contribution is 2.32. The second-order valence-electron chi connectivity index (χ2n) is 7.28. The monoisotopic (exact) mass is 497 g/mol. The van der Waals surface area contributed by atoms with Gasteiger partial charge in [0.05, 0.1) is 10.5 Å². The van der Waals surface area contributed by atoms with Crippen molar-refractivity contribution in [2.45, 2.75) is 58.4 Å². The highest BCUT2D eigenvalue weighted by molar-refractivity contribution is 5.80. The van der Waals surface area contributed by atoms with Crippen LogP contribution in [0.1, 0.15) is 38.1 Å². The van der Waals surface area contributed by atoms with Crippen LogP contribution >= 0.6 is 0 Å².